The summed E-state index contributed by atoms with van der Waals surface area (Å²) in [6.45, 7) is 2.45. The first-order valence-electron chi connectivity index (χ1n) is 10.4. The summed E-state index contributed by atoms with van der Waals surface area (Å²) in [6, 6.07) is 9.06. The van der Waals surface area contributed by atoms with Crippen LogP contribution in [0.5, 0.6) is 0 Å². The zero-order valence-corrected chi connectivity index (χ0v) is 18.6. The Morgan fingerprint density at radius 3 is 2.47 bits per heavy atom. The molecule has 3 rings (SSSR count). The van der Waals surface area contributed by atoms with Crippen molar-refractivity contribution in [3.8, 4) is 11.3 Å². The van der Waals surface area contributed by atoms with Crippen LogP contribution in [-0.2, 0) is 17.5 Å². The van der Waals surface area contributed by atoms with E-state index in [1.165, 1.54) is 25.1 Å². The standard InChI is InChI=1S/C25H24F3N3O3/c1-16-18(4-3-5-20(16)22-14-29-10-11-30-22)7-8-19-12-17(6-9-21(19)25(26,27)28)13-31-24(2,15-32)23(33)34/h3-12,14,31-32H,13,15H2,1-2H3,(H,33,34)/b8-7+. The quantitative estimate of drug-likeness (QED) is 0.417. The number of rotatable bonds is 8. The molecule has 0 amide bonds. The van der Waals surface area contributed by atoms with Gasteiger partial charge in [-0.1, -0.05) is 36.4 Å². The number of halogens is 3. The lowest BCUT2D eigenvalue weighted by atomic mass is 9.97. The maximum atomic E-state index is 13.6. The van der Waals surface area contributed by atoms with Gasteiger partial charge in [0, 0.05) is 24.5 Å². The molecule has 0 saturated heterocycles. The summed E-state index contributed by atoms with van der Waals surface area (Å²) in [5.74, 6) is -1.26. The summed E-state index contributed by atoms with van der Waals surface area (Å²) in [5, 5.41) is 21.3. The molecule has 0 fully saturated rings. The molecular formula is C25H24F3N3O3. The van der Waals surface area contributed by atoms with Crippen molar-refractivity contribution in [3.05, 3.63) is 82.8 Å². The van der Waals surface area contributed by atoms with Gasteiger partial charge < -0.3 is 10.2 Å². The van der Waals surface area contributed by atoms with E-state index in [1.807, 2.05) is 13.0 Å². The molecule has 0 aliphatic rings. The first-order chi connectivity index (χ1) is 16.0. The number of alkyl halides is 3. The number of aliphatic carboxylic acids is 1. The molecule has 0 spiro atoms. The molecule has 0 saturated carbocycles. The summed E-state index contributed by atoms with van der Waals surface area (Å²) in [4.78, 5) is 19.7. The Balaban J connectivity index is 1.95. The summed E-state index contributed by atoms with van der Waals surface area (Å²) in [6.07, 6.45) is 3.17. The van der Waals surface area contributed by atoms with E-state index in [0.717, 1.165) is 22.8 Å². The van der Waals surface area contributed by atoms with E-state index in [4.69, 9.17) is 0 Å². The fraction of sp³-hybridized carbons (Fsp3) is 0.240. The van der Waals surface area contributed by atoms with Crippen LogP contribution < -0.4 is 5.32 Å². The van der Waals surface area contributed by atoms with Crippen LogP contribution in [0.15, 0.2) is 55.0 Å². The van der Waals surface area contributed by atoms with Gasteiger partial charge in [0.1, 0.15) is 5.54 Å². The Morgan fingerprint density at radius 2 is 1.85 bits per heavy atom. The summed E-state index contributed by atoms with van der Waals surface area (Å²) < 4.78 is 40.9. The van der Waals surface area contributed by atoms with Crippen LogP contribution in [0, 0.1) is 6.92 Å². The molecule has 1 atom stereocenters. The number of hydrogen-bond acceptors (Lipinski definition) is 5. The number of hydrogen-bond donors (Lipinski definition) is 3. The third-order valence-corrected chi connectivity index (χ3v) is 5.55. The topological polar surface area (TPSA) is 95.3 Å². The minimum absolute atomic E-state index is 0.0382. The Hall–Kier alpha value is -3.56. The predicted molar refractivity (Wildman–Crippen MR) is 123 cm³/mol. The molecule has 1 aromatic heterocycles. The largest absolute Gasteiger partial charge is 0.480 e. The van der Waals surface area contributed by atoms with E-state index in [1.54, 1.807) is 36.8 Å². The van der Waals surface area contributed by atoms with Crippen molar-refractivity contribution in [2.24, 2.45) is 0 Å². The second-order valence-corrected chi connectivity index (χ2v) is 8.01. The molecule has 3 N–H and O–H groups in total. The van der Waals surface area contributed by atoms with Crippen LogP contribution >= 0.6 is 0 Å². The van der Waals surface area contributed by atoms with Crippen molar-refractivity contribution in [1.82, 2.24) is 15.3 Å². The molecule has 6 nitrogen and oxygen atoms in total. The highest BCUT2D eigenvalue weighted by atomic mass is 19.4. The van der Waals surface area contributed by atoms with Gasteiger partial charge in [0.2, 0.25) is 0 Å². The van der Waals surface area contributed by atoms with Crippen LogP contribution in [-0.4, -0.2) is 38.3 Å². The number of nitrogens with zero attached hydrogens (tertiary/aromatic N) is 2. The van der Waals surface area contributed by atoms with Gasteiger partial charge in [-0.2, -0.15) is 13.2 Å². The highest BCUT2D eigenvalue weighted by Crippen LogP contribution is 2.34. The number of aliphatic hydroxyl groups excluding tert-OH is 1. The highest BCUT2D eigenvalue weighted by Gasteiger charge is 2.34. The van der Waals surface area contributed by atoms with Crippen molar-refractivity contribution < 1.29 is 28.2 Å². The minimum Gasteiger partial charge on any atom is -0.480 e. The van der Waals surface area contributed by atoms with Gasteiger partial charge in [0.15, 0.2) is 0 Å². The monoisotopic (exact) mass is 471 g/mol. The van der Waals surface area contributed by atoms with Gasteiger partial charge in [-0.05, 0) is 48.2 Å². The maximum Gasteiger partial charge on any atom is 0.416 e. The van der Waals surface area contributed by atoms with Crippen molar-refractivity contribution >= 4 is 18.1 Å². The van der Waals surface area contributed by atoms with E-state index in [-0.39, 0.29) is 12.1 Å². The molecule has 178 valence electrons. The van der Waals surface area contributed by atoms with Crippen LogP contribution in [0.2, 0.25) is 0 Å². The molecule has 1 heterocycles. The second-order valence-electron chi connectivity index (χ2n) is 8.01. The third kappa shape index (κ3) is 5.67. The van der Waals surface area contributed by atoms with Crippen molar-refractivity contribution in [2.75, 3.05) is 6.61 Å². The maximum absolute atomic E-state index is 13.6. The smallest absolute Gasteiger partial charge is 0.416 e. The highest BCUT2D eigenvalue weighted by molar-refractivity contribution is 5.79. The average molecular weight is 471 g/mol. The molecule has 9 heteroatoms. The van der Waals surface area contributed by atoms with Crippen molar-refractivity contribution in [3.63, 3.8) is 0 Å². The van der Waals surface area contributed by atoms with Crippen LogP contribution in [0.25, 0.3) is 23.4 Å². The lowest BCUT2D eigenvalue weighted by Crippen LogP contribution is -2.52. The molecule has 0 aliphatic heterocycles. The Morgan fingerprint density at radius 1 is 1.12 bits per heavy atom. The number of benzene rings is 2. The zero-order valence-electron chi connectivity index (χ0n) is 18.6. The Kier molecular flexibility index (Phi) is 7.48. The average Bonchev–Trinajstić information content (AvgIpc) is 2.81. The zero-order chi connectivity index (χ0) is 24.9. The molecule has 3 aromatic rings. The minimum atomic E-state index is -4.57. The molecule has 0 bridgehead atoms. The fourth-order valence-corrected chi connectivity index (χ4v) is 3.34. The molecule has 0 radical (unpaired) electrons. The van der Waals surface area contributed by atoms with Gasteiger partial charge in [0.05, 0.1) is 24.1 Å². The molecule has 34 heavy (non-hydrogen) atoms. The number of aliphatic hydroxyl groups is 1. The molecule has 0 aliphatic carbocycles. The van der Waals surface area contributed by atoms with Crippen molar-refractivity contribution in [1.29, 1.82) is 0 Å². The van der Waals surface area contributed by atoms with Gasteiger partial charge >= 0.3 is 12.1 Å². The van der Waals surface area contributed by atoms with E-state index in [9.17, 15) is 28.2 Å². The van der Waals surface area contributed by atoms with E-state index >= 15 is 0 Å². The fourth-order valence-electron chi connectivity index (χ4n) is 3.34. The van der Waals surface area contributed by atoms with Crippen LogP contribution in [0.4, 0.5) is 13.2 Å². The summed E-state index contributed by atoms with van der Waals surface area (Å²) in [5.41, 5.74) is 1.00. The van der Waals surface area contributed by atoms with Crippen molar-refractivity contribution in [2.45, 2.75) is 32.1 Å². The number of aromatic nitrogens is 2. The lowest BCUT2D eigenvalue weighted by molar-refractivity contribution is -0.146. The molecule has 2 aromatic carbocycles. The van der Waals surface area contributed by atoms with E-state index in [2.05, 4.69) is 15.3 Å². The number of carbonyl (C=O) groups is 1. The van der Waals surface area contributed by atoms with Crippen LogP contribution in [0.3, 0.4) is 0 Å². The Bertz CT molecular complexity index is 1200. The first kappa shape index (κ1) is 25.1. The first-order valence-corrected chi connectivity index (χ1v) is 10.4. The van der Waals surface area contributed by atoms with Crippen LogP contribution in [0.1, 0.15) is 34.7 Å². The van der Waals surface area contributed by atoms with Gasteiger partial charge in [-0.3, -0.25) is 20.1 Å². The summed E-state index contributed by atoms with van der Waals surface area (Å²) >= 11 is 0. The van der Waals surface area contributed by atoms with Gasteiger partial charge in [0.25, 0.3) is 0 Å². The summed E-state index contributed by atoms with van der Waals surface area (Å²) in [7, 11) is 0. The number of nitrogens with one attached hydrogen (secondary N) is 1. The third-order valence-electron chi connectivity index (χ3n) is 5.55. The number of carboxylic acid groups (broad SMARTS) is 1. The normalized spacial score (nSPS) is 13.7. The predicted octanol–water partition coefficient (Wildman–Crippen LogP) is 4.57. The van der Waals surface area contributed by atoms with E-state index in [0.29, 0.717) is 11.3 Å². The molecular weight excluding hydrogens is 447 g/mol. The number of carboxylic acids is 1. The second kappa shape index (κ2) is 10.1. The SMILES string of the molecule is Cc1c(/C=C/c2cc(CNC(C)(CO)C(=O)O)ccc2C(F)(F)F)cccc1-c1cnccn1. The lowest BCUT2D eigenvalue weighted by Gasteiger charge is -2.24. The van der Waals surface area contributed by atoms with Gasteiger partial charge in [-0.25, -0.2) is 0 Å². The van der Waals surface area contributed by atoms with E-state index < -0.39 is 29.9 Å². The van der Waals surface area contributed by atoms with Gasteiger partial charge in [-0.15, -0.1) is 0 Å². The Labute approximate surface area is 194 Å². The molecule has 1 unspecified atom stereocenters.